The zero-order valence-corrected chi connectivity index (χ0v) is 12.6. The molecule has 1 fully saturated rings. The van der Waals surface area contributed by atoms with E-state index in [1.807, 2.05) is 32.9 Å². The molecule has 0 saturated carbocycles. The minimum Gasteiger partial charge on any atom is -0.372 e. The van der Waals surface area contributed by atoms with E-state index in [0.29, 0.717) is 18.7 Å². The Morgan fingerprint density at radius 1 is 1.10 bits per heavy atom. The van der Waals surface area contributed by atoms with Crippen LogP contribution in [0.25, 0.3) is 0 Å². The highest BCUT2D eigenvalue weighted by Crippen LogP contribution is 2.10. The second-order valence-corrected chi connectivity index (χ2v) is 5.41. The molecule has 0 spiro atoms. The molecule has 0 aromatic heterocycles. The standard InChI is InChI=1S/C15H21N3O3/c1-10-4-6-13(7-5-10)14(19)16-17-15(20)18-8-11(2)21-12(3)9-18/h4-7,11-12H,8-9H2,1-3H3,(H,16,19)(H,17,20). The first-order valence-corrected chi connectivity index (χ1v) is 7.03. The van der Waals surface area contributed by atoms with E-state index in [2.05, 4.69) is 10.9 Å². The fourth-order valence-corrected chi connectivity index (χ4v) is 2.31. The molecule has 0 aliphatic carbocycles. The Labute approximate surface area is 124 Å². The maximum Gasteiger partial charge on any atom is 0.336 e. The maximum absolute atomic E-state index is 12.0. The fraction of sp³-hybridized carbons (Fsp3) is 0.467. The summed E-state index contributed by atoms with van der Waals surface area (Å²) in [6, 6.07) is 6.81. The average Bonchev–Trinajstić information content (AvgIpc) is 2.44. The molecule has 21 heavy (non-hydrogen) atoms. The van der Waals surface area contributed by atoms with E-state index in [4.69, 9.17) is 4.74 Å². The van der Waals surface area contributed by atoms with E-state index in [9.17, 15) is 9.59 Å². The lowest BCUT2D eigenvalue weighted by atomic mass is 10.1. The molecule has 6 heteroatoms. The summed E-state index contributed by atoms with van der Waals surface area (Å²) in [4.78, 5) is 25.6. The third kappa shape index (κ3) is 4.19. The van der Waals surface area contributed by atoms with Gasteiger partial charge in [-0.3, -0.25) is 10.2 Å². The van der Waals surface area contributed by atoms with Crippen LogP contribution in [0, 0.1) is 6.92 Å². The van der Waals surface area contributed by atoms with Crippen molar-refractivity contribution in [3.8, 4) is 0 Å². The Bertz CT molecular complexity index is 505. The summed E-state index contributed by atoms with van der Waals surface area (Å²) >= 11 is 0. The molecule has 1 aromatic carbocycles. The number of carbonyl (C=O) groups is 2. The van der Waals surface area contributed by atoms with Crippen LogP contribution < -0.4 is 10.9 Å². The Hall–Kier alpha value is -2.08. The van der Waals surface area contributed by atoms with Crippen LogP contribution in [0.4, 0.5) is 4.79 Å². The number of amides is 3. The monoisotopic (exact) mass is 291 g/mol. The largest absolute Gasteiger partial charge is 0.372 e. The van der Waals surface area contributed by atoms with E-state index >= 15 is 0 Å². The lowest BCUT2D eigenvalue weighted by molar-refractivity contribution is -0.0547. The number of hydrazine groups is 1. The van der Waals surface area contributed by atoms with Gasteiger partial charge in [0.15, 0.2) is 0 Å². The Morgan fingerprint density at radius 3 is 2.24 bits per heavy atom. The molecule has 0 bridgehead atoms. The Balaban J connectivity index is 1.86. The van der Waals surface area contributed by atoms with Gasteiger partial charge in [-0.15, -0.1) is 0 Å². The predicted molar refractivity (Wildman–Crippen MR) is 78.8 cm³/mol. The van der Waals surface area contributed by atoms with Gasteiger partial charge in [-0.1, -0.05) is 17.7 Å². The van der Waals surface area contributed by atoms with Gasteiger partial charge in [-0.25, -0.2) is 10.2 Å². The molecule has 2 N–H and O–H groups in total. The van der Waals surface area contributed by atoms with Gasteiger partial charge < -0.3 is 9.64 Å². The number of ether oxygens (including phenoxy) is 1. The maximum atomic E-state index is 12.0. The highest BCUT2D eigenvalue weighted by atomic mass is 16.5. The van der Waals surface area contributed by atoms with E-state index in [0.717, 1.165) is 5.56 Å². The van der Waals surface area contributed by atoms with Crippen LogP contribution in [-0.4, -0.2) is 42.1 Å². The normalized spacial score (nSPS) is 21.8. The number of rotatable bonds is 1. The van der Waals surface area contributed by atoms with Crippen molar-refractivity contribution in [1.29, 1.82) is 0 Å². The first-order valence-electron chi connectivity index (χ1n) is 7.03. The van der Waals surface area contributed by atoms with Crippen LogP contribution in [-0.2, 0) is 4.74 Å². The van der Waals surface area contributed by atoms with Gasteiger partial charge in [0.25, 0.3) is 5.91 Å². The van der Waals surface area contributed by atoms with Gasteiger partial charge in [0, 0.05) is 18.7 Å². The zero-order valence-electron chi connectivity index (χ0n) is 12.6. The van der Waals surface area contributed by atoms with Crippen LogP contribution in [0.2, 0.25) is 0 Å². The van der Waals surface area contributed by atoms with Crippen molar-refractivity contribution in [3.63, 3.8) is 0 Å². The number of carbonyl (C=O) groups excluding carboxylic acids is 2. The van der Waals surface area contributed by atoms with Crippen molar-refractivity contribution in [3.05, 3.63) is 35.4 Å². The Morgan fingerprint density at radius 2 is 1.67 bits per heavy atom. The first-order chi connectivity index (χ1) is 9.95. The van der Waals surface area contributed by atoms with Crippen molar-refractivity contribution >= 4 is 11.9 Å². The summed E-state index contributed by atoms with van der Waals surface area (Å²) in [5.41, 5.74) is 6.44. The summed E-state index contributed by atoms with van der Waals surface area (Å²) in [7, 11) is 0. The quantitative estimate of drug-likeness (QED) is 0.770. The predicted octanol–water partition coefficient (Wildman–Crippen LogP) is 1.46. The van der Waals surface area contributed by atoms with Gasteiger partial charge in [-0.05, 0) is 32.9 Å². The third-order valence-corrected chi connectivity index (χ3v) is 3.30. The van der Waals surface area contributed by atoms with E-state index < -0.39 is 0 Å². The second-order valence-electron chi connectivity index (χ2n) is 5.41. The lowest BCUT2D eigenvalue weighted by Gasteiger charge is -2.35. The zero-order chi connectivity index (χ0) is 15.4. The molecular formula is C15H21N3O3. The Kier molecular flexibility index (Phi) is 4.80. The number of hydrogen-bond donors (Lipinski definition) is 2. The molecule has 1 aliphatic heterocycles. The molecule has 6 nitrogen and oxygen atoms in total. The average molecular weight is 291 g/mol. The lowest BCUT2D eigenvalue weighted by Crippen LogP contribution is -2.55. The van der Waals surface area contributed by atoms with Crippen LogP contribution in [0.1, 0.15) is 29.8 Å². The van der Waals surface area contributed by atoms with Crippen LogP contribution in [0.5, 0.6) is 0 Å². The first kappa shape index (κ1) is 15.3. The van der Waals surface area contributed by atoms with Crippen molar-refractivity contribution in [2.24, 2.45) is 0 Å². The molecule has 1 heterocycles. The van der Waals surface area contributed by atoms with Crippen molar-refractivity contribution in [2.75, 3.05) is 13.1 Å². The number of morpholine rings is 1. The number of urea groups is 1. The molecule has 1 aliphatic rings. The molecule has 1 saturated heterocycles. The molecule has 0 radical (unpaired) electrons. The number of aryl methyl sites for hydroxylation is 1. The molecule has 3 amide bonds. The van der Waals surface area contributed by atoms with Crippen LogP contribution in [0.3, 0.4) is 0 Å². The van der Waals surface area contributed by atoms with Gasteiger partial charge in [-0.2, -0.15) is 0 Å². The summed E-state index contributed by atoms with van der Waals surface area (Å²) in [6.07, 6.45) is -0.0143. The number of nitrogens with one attached hydrogen (secondary N) is 2. The summed E-state index contributed by atoms with van der Waals surface area (Å²) in [5.74, 6) is -0.335. The van der Waals surface area contributed by atoms with Crippen LogP contribution >= 0.6 is 0 Å². The number of nitrogens with zero attached hydrogens (tertiary/aromatic N) is 1. The van der Waals surface area contributed by atoms with E-state index in [-0.39, 0.29) is 24.1 Å². The minimum atomic E-state index is -0.335. The minimum absolute atomic E-state index is 0.00713. The summed E-state index contributed by atoms with van der Waals surface area (Å²) in [5, 5.41) is 0. The third-order valence-electron chi connectivity index (χ3n) is 3.30. The van der Waals surface area contributed by atoms with Crippen LogP contribution in [0.15, 0.2) is 24.3 Å². The van der Waals surface area contributed by atoms with Gasteiger partial charge in [0.2, 0.25) is 0 Å². The SMILES string of the molecule is Cc1ccc(C(=O)NNC(=O)N2CC(C)OC(C)C2)cc1. The summed E-state index contributed by atoms with van der Waals surface area (Å²) < 4.78 is 5.56. The number of benzene rings is 1. The van der Waals surface area contributed by atoms with Gasteiger partial charge in [0.1, 0.15) is 0 Å². The fourth-order valence-electron chi connectivity index (χ4n) is 2.31. The summed E-state index contributed by atoms with van der Waals surface area (Å²) in [6.45, 7) is 6.80. The molecule has 1 aromatic rings. The van der Waals surface area contributed by atoms with Gasteiger partial charge in [0.05, 0.1) is 12.2 Å². The van der Waals surface area contributed by atoms with Crippen molar-refractivity contribution in [1.82, 2.24) is 15.8 Å². The molecule has 114 valence electrons. The molecular weight excluding hydrogens is 270 g/mol. The highest BCUT2D eigenvalue weighted by Gasteiger charge is 2.26. The van der Waals surface area contributed by atoms with Gasteiger partial charge >= 0.3 is 6.03 Å². The molecule has 2 unspecified atom stereocenters. The molecule has 2 rings (SSSR count). The van der Waals surface area contributed by atoms with Crippen molar-refractivity contribution < 1.29 is 14.3 Å². The number of hydrogen-bond acceptors (Lipinski definition) is 3. The van der Waals surface area contributed by atoms with E-state index in [1.54, 1.807) is 17.0 Å². The highest BCUT2D eigenvalue weighted by molar-refractivity contribution is 5.95. The smallest absolute Gasteiger partial charge is 0.336 e. The molecule has 2 atom stereocenters. The topological polar surface area (TPSA) is 70.7 Å². The van der Waals surface area contributed by atoms with Crippen molar-refractivity contribution in [2.45, 2.75) is 33.0 Å². The second kappa shape index (κ2) is 6.58. The van der Waals surface area contributed by atoms with E-state index in [1.165, 1.54) is 0 Å².